The van der Waals surface area contributed by atoms with E-state index in [1.807, 2.05) is 29.3 Å². The number of hydrogen-bond donors (Lipinski definition) is 1. The number of pyridine rings is 1. The molecule has 0 aliphatic carbocycles. The zero-order valence-corrected chi connectivity index (χ0v) is 12.2. The van der Waals surface area contributed by atoms with E-state index in [-0.39, 0.29) is 5.91 Å². The smallest absolute Gasteiger partial charge is 0.245 e. The molecule has 1 aromatic rings. The predicted molar refractivity (Wildman–Crippen MR) is 78.4 cm³/mol. The average Bonchev–Trinajstić information content (AvgIpc) is 2.96. The van der Waals surface area contributed by atoms with E-state index in [2.05, 4.69) is 9.88 Å². The first-order valence-electron chi connectivity index (χ1n) is 7.46. The molecule has 114 valence electrons. The van der Waals surface area contributed by atoms with Crippen molar-refractivity contribution < 1.29 is 9.53 Å². The molecule has 2 saturated heterocycles. The first-order chi connectivity index (χ1) is 10.2. The van der Waals surface area contributed by atoms with Gasteiger partial charge in [-0.3, -0.25) is 14.7 Å². The Morgan fingerprint density at radius 2 is 2.14 bits per heavy atom. The minimum absolute atomic E-state index is 0.0393. The zero-order valence-electron chi connectivity index (χ0n) is 12.2. The highest BCUT2D eigenvalue weighted by Gasteiger charge is 2.41. The van der Waals surface area contributed by atoms with E-state index in [9.17, 15) is 4.79 Å². The van der Waals surface area contributed by atoms with Crippen molar-refractivity contribution in [3.63, 3.8) is 0 Å². The number of rotatable bonds is 3. The maximum absolute atomic E-state index is 12.5. The highest BCUT2D eigenvalue weighted by molar-refractivity contribution is 5.86. The van der Waals surface area contributed by atoms with Gasteiger partial charge < -0.3 is 15.4 Å². The Bertz CT molecular complexity index is 480. The number of ether oxygens (including phenoxy) is 1. The molecule has 3 rings (SSSR count). The second-order valence-corrected chi connectivity index (χ2v) is 5.85. The van der Waals surface area contributed by atoms with Crippen LogP contribution in [0.3, 0.4) is 0 Å². The lowest BCUT2D eigenvalue weighted by Gasteiger charge is -2.37. The van der Waals surface area contributed by atoms with Gasteiger partial charge >= 0.3 is 0 Å². The van der Waals surface area contributed by atoms with E-state index < -0.39 is 5.54 Å². The summed E-state index contributed by atoms with van der Waals surface area (Å²) >= 11 is 0. The number of carbonyl (C=O) groups is 1. The second kappa shape index (κ2) is 6.09. The van der Waals surface area contributed by atoms with Crippen LogP contribution in [0.2, 0.25) is 0 Å². The largest absolute Gasteiger partial charge is 0.379 e. The SMILES string of the molecule is NC1(C(=O)N2CCN(Cc3ccccn3)CC2)CCOC1. The number of nitrogens with zero attached hydrogens (tertiary/aromatic N) is 3. The molecular formula is C15H22N4O2. The Kier molecular flexibility index (Phi) is 4.19. The molecule has 2 N–H and O–H groups in total. The highest BCUT2D eigenvalue weighted by Crippen LogP contribution is 2.19. The molecule has 1 unspecified atom stereocenters. The number of hydrogen-bond acceptors (Lipinski definition) is 5. The highest BCUT2D eigenvalue weighted by atomic mass is 16.5. The fourth-order valence-corrected chi connectivity index (χ4v) is 2.89. The van der Waals surface area contributed by atoms with E-state index in [0.717, 1.165) is 38.4 Å². The zero-order chi connectivity index (χ0) is 14.7. The van der Waals surface area contributed by atoms with Crippen LogP contribution >= 0.6 is 0 Å². The van der Waals surface area contributed by atoms with Crippen molar-refractivity contribution in [3.8, 4) is 0 Å². The summed E-state index contributed by atoms with van der Waals surface area (Å²) in [5.74, 6) is 0.0393. The van der Waals surface area contributed by atoms with Crippen LogP contribution in [0.5, 0.6) is 0 Å². The van der Waals surface area contributed by atoms with Crippen molar-refractivity contribution in [2.75, 3.05) is 39.4 Å². The van der Waals surface area contributed by atoms with Crippen LogP contribution in [0.25, 0.3) is 0 Å². The van der Waals surface area contributed by atoms with Crippen LogP contribution in [0.4, 0.5) is 0 Å². The number of nitrogens with two attached hydrogens (primary N) is 1. The Labute approximate surface area is 124 Å². The maximum Gasteiger partial charge on any atom is 0.245 e. The quantitative estimate of drug-likeness (QED) is 0.838. The third kappa shape index (κ3) is 3.23. The molecule has 0 spiro atoms. The molecule has 3 heterocycles. The Morgan fingerprint density at radius 3 is 2.76 bits per heavy atom. The van der Waals surface area contributed by atoms with Gasteiger partial charge in [-0.15, -0.1) is 0 Å². The minimum atomic E-state index is -0.802. The summed E-state index contributed by atoms with van der Waals surface area (Å²) in [6, 6.07) is 5.95. The number of carbonyl (C=O) groups excluding carboxylic acids is 1. The van der Waals surface area contributed by atoms with Gasteiger partial charge in [-0.05, 0) is 18.6 Å². The van der Waals surface area contributed by atoms with Crippen LogP contribution in [-0.4, -0.2) is 65.6 Å². The summed E-state index contributed by atoms with van der Waals surface area (Å²) in [7, 11) is 0. The van der Waals surface area contributed by atoms with Crippen LogP contribution in [-0.2, 0) is 16.1 Å². The van der Waals surface area contributed by atoms with E-state index in [1.165, 1.54) is 0 Å². The maximum atomic E-state index is 12.5. The van der Waals surface area contributed by atoms with Crippen LogP contribution in [0.15, 0.2) is 24.4 Å². The fourth-order valence-electron chi connectivity index (χ4n) is 2.89. The van der Waals surface area contributed by atoms with Crippen molar-refractivity contribution in [3.05, 3.63) is 30.1 Å². The molecule has 1 atom stereocenters. The topological polar surface area (TPSA) is 71.7 Å². The molecule has 0 saturated carbocycles. The Hall–Kier alpha value is -1.50. The summed E-state index contributed by atoms with van der Waals surface area (Å²) in [4.78, 5) is 21.0. The number of piperazine rings is 1. The normalized spacial score (nSPS) is 27.0. The summed E-state index contributed by atoms with van der Waals surface area (Å²) in [5, 5.41) is 0. The van der Waals surface area contributed by atoms with Gasteiger partial charge in [-0.25, -0.2) is 0 Å². The standard InChI is InChI=1S/C15H22N4O2/c16-15(4-10-21-12-15)14(20)19-8-6-18(7-9-19)11-13-3-1-2-5-17-13/h1-3,5H,4,6-12,16H2. The first kappa shape index (κ1) is 14.4. The van der Waals surface area contributed by atoms with Crippen molar-refractivity contribution in [1.29, 1.82) is 0 Å². The first-order valence-corrected chi connectivity index (χ1v) is 7.46. The molecule has 1 aromatic heterocycles. The fraction of sp³-hybridized carbons (Fsp3) is 0.600. The van der Waals surface area contributed by atoms with Gasteiger partial charge in [0.15, 0.2) is 0 Å². The molecule has 0 bridgehead atoms. The molecule has 1 amide bonds. The van der Waals surface area contributed by atoms with Gasteiger partial charge in [0.05, 0.1) is 12.3 Å². The Balaban J connectivity index is 1.52. The molecule has 0 aromatic carbocycles. The van der Waals surface area contributed by atoms with Gasteiger partial charge in [0.2, 0.25) is 5.91 Å². The predicted octanol–water partition coefficient (Wildman–Crippen LogP) is -0.156. The van der Waals surface area contributed by atoms with E-state index in [1.54, 1.807) is 0 Å². The number of aromatic nitrogens is 1. The molecule has 6 heteroatoms. The van der Waals surface area contributed by atoms with Crippen LogP contribution < -0.4 is 5.73 Å². The molecule has 2 aliphatic rings. The third-order valence-electron chi connectivity index (χ3n) is 4.25. The van der Waals surface area contributed by atoms with Crippen molar-refractivity contribution in [2.24, 2.45) is 5.73 Å². The lowest BCUT2D eigenvalue weighted by molar-refractivity contribution is -0.138. The Morgan fingerprint density at radius 1 is 1.33 bits per heavy atom. The van der Waals surface area contributed by atoms with Crippen molar-refractivity contribution >= 4 is 5.91 Å². The third-order valence-corrected chi connectivity index (χ3v) is 4.25. The molecular weight excluding hydrogens is 268 g/mol. The molecule has 2 aliphatic heterocycles. The summed E-state index contributed by atoms with van der Waals surface area (Å²) in [6.45, 7) is 4.94. The molecule has 21 heavy (non-hydrogen) atoms. The summed E-state index contributed by atoms with van der Waals surface area (Å²) in [6.07, 6.45) is 2.44. The van der Waals surface area contributed by atoms with Gasteiger partial charge in [0.1, 0.15) is 5.54 Å². The lowest BCUT2D eigenvalue weighted by atomic mass is 9.98. The monoisotopic (exact) mass is 290 g/mol. The summed E-state index contributed by atoms with van der Waals surface area (Å²) in [5.41, 5.74) is 6.42. The van der Waals surface area contributed by atoms with Crippen molar-refractivity contribution in [1.82, 2.24) is 14.8 Å². The summed E-state index contributed by atoms with van der Waals surface area (Å²) < 4.78 is 5.28. The van der Waals surface area contributed by atoms with E-state index >= 15 is 0 Å². The van der Waals surface area contributed by atoms with E-state index in [0.29, 0.717) is 19.6 Å². The number of amides is 1. The van der Waals surface area contributed by atoms with Gasteiger partial charge in [0.25, 0.3) is 0 Å². The minimum Gasteiger partial charge on any atom is -0.379 e. The molecule has 0 radical (unpaired) electrons. The molecule has 2 fully saturated rings. The van der Waals surface area contributed by atoms with Crippen LogP contribution in [0.1, 0.15) is 12.1 Å². The average molecular weight is 290 g/mol. The van der Waals surface area contributed by atoms with Gasteiger partial charge in [0, 0.05) is 45.5 Å². The van der Waals surface area contributed by atoms with Crippen LogP contribution in [0, 0.1) is 0 Å². The lowest BCUT2D eigenvalue weighted by Crippen LogP contribution is -2.59. The van der Waals surface area contributed by atoms with Gasteiger partial charge in [-0.2, -0.15) is 0 Å². The second-order valence-electron chi connectivity index (χ2n) is 5.85. The van der Waals surface area contributed by atoms with Crippen molar-refractivity contribution in [2.45, 2.75) is 18.5 Å². The molecule has 6 nitrogen and oxygen atoms in total. The van der Waals surface area contributed by atoms with E-state index in [4.69, 9.17) is 10.5 Å². The van der Waals surface area contributed by atoms with Gasteiger partial charge in [-0.1, -0.05) is 6.07 Å².